The van der Waals surface area contributed by atoms with Gasteiger partial charge in [0.25, 0.3) is 5.91 Å². The number of ketones is 1. The van der Waals surface area contributed by atoms with Gasteiger partial charge in [0.05, 0.1) is 12.7 Å². The van der Waals surface area contributed by atoms with Crippen molar-refractivity contribution >= 4 is 28.3 Å². The lowest BCUT2D eigenvalue weighted by molar-refractivity contribution is -0.119. The summed E-state index contributed by atoms with van der Waals surface area (Å²) in [5.74, 6) is 1.48. The zero-order valence-corrected chi connectivity index (χ0v) is 15.3. The quantitative estimate of drug-likeness (QED) is 0.861. The van der Waals surface area contributed by atoms with Crippen LogP contribution in [-0.2, 0) is 4.79 Å². The first-order valence-electron chi connectivity index (χ1n) is 9.06. The zero-order chi connectivity index (χ0) is 18.7. The SMILES string of the molecule is CCC(=O)C[C@H]1CCCN(c2nccc3cc(C(N)=O)c(OC)cc23)C1. The molecule has 6 heteroatoms. The van der Waals surface area contributed by atoms with Gasteiger partial charge in [-0.3, -0.25) is 9.59 Å². The molecule has 0 unspecified atom stereocenters. The van der Waals surface area contributed by atoms with Crippen molar-refractivity contribution in [3.05, 3.63) is 30.0 Å². The van der Waals surface area contributed by atoms with Crippen LogP contribution in [0.25, 0.3) is 10.8 Å². The molecule has 1 atom stereocenters. The number of carbonyl (C=O) groups is 2. The van der Waals surface area contributed by atoms with Crippen LogP contribution in [0.15, 0.2) is 24.4 Å². The number of benzene rings is 1. The Hall–Kier alpha value is -2.63. The highest BCUT2D eigenvalue weighted by molar-refractivity contribution is 6.03. The number of amides is 1. The molecular weight excluding hydrogens is 330 g/mol. The molecule has 26 heavy (non-hydrogen) atoms. The summed E-state index contributed by atoms with van der Waals surface area (Å²) in [6, 6.07) is 5.45. The molecule has 3 rings (SSSR count). The fourth-order valence-electron chi connectivity index (χ4n) is 3.69. The smallest absolute Gasteiger partial charge is 0.252 e. The first-order chi connectivity index (χ1) is 12.5. The Labute approximate surface area is 153 Å². The average Bonchev–Trinajstić information content (AvgIpc) is 2.66. The fraction of sp³-hybridized carbons (Fsp3) is 0.450. The van der Waals surface area contributed by atoms with Gasteiger partial charge in [0.2, 0.25) is 0 Å². The number of ether oxygens (including phenoxy) is 1. The summed E-state index contributed by atoms with van der Waals surface area (Å²) in [5, 5.41) is 1.83. The van der Waals surface area contributed by atoms with Gasteiger partial charge in [-0.1, -0.05) is 6.92 Å². The molecule has 1 amide bonds. The minimum Gasteiger partial charge on any atom is -0.496 e. The standard InChI is InChI=1S/C20H25N3O3/c1-3-15(24)9-13-5-4-8-23(12-13)20-16-11-18(26-2)17(19(21)25)10-14(16)6-7-22-20/h6-7,10-11,13H,3-5,8-9,12H2,1-2H3,(H2,21,25)/t13-/m1/s1. The summed E-state index contributed by atoms with van der Waals surface area (Å²) in [6.45, 7) is 3.64. The van der Waals surface area contributed by atoms with Gasteiger partial charge < -0.3 is 15.4 Å². The van der Waals surface area contributed by atoms with Gasteiger partial charge in [-0.05, 0) is 42.3 Å². The first kappa shape index (κ1) is 18.2. The van der Waals surface area contributed by atoms with Gasteiger partial charge in [-0.15, -0.1) is 0 Å². The second-order valence-electron chi connectivity index (χ2n) is 6.82. The Morgan fingerprint density at radius 2 is 2.19 bits per heavy atom. The van der Waals surface area contributed by atoms with Crippen LogP contribution in [0.4, 0.5) is 5.82 Å². The predicted octanol–water partition coefficient (Wildman–Crippen LogP) is 2.93. The number of nitrogens with two attached hydrogens (primary N) is 1. The van der Waals surface area contributed by atoms with Crippen LogP contribution < -0.4 is 15.4 Å². The van der Waals surface area contributed by atoms with Crippen molar-refractivity contribution in [3.8, 4) is 5.75 Å². The lowest BCUT2D eigenvalue weighted by Gasteiger charge is -2.34. The number of piperidine rings is 1. The van der Waals surface area contributed by atoms with Gasteiger partial charge in [-0.2, -0.15) is 0 Å². The largest absolute Gasteiger partial charge is 0.496 e. The van der Waals surface area contributed by atoms with Crippen molar-refractivity contribution in [2.45, 2.75) is 32.6 Å². The third-order valence-corrected chi connectivity index (χ3v) is 5.06. The van der Waals surface area contributed by atoms with E-state index >= 15 is 0 Å². The van der Waals surface area contributed by atoms with Crippen LogP contribution in [-0.4, -0.2) is 36.9 Å². The van der Waals surface area contributed by atoms with E-state index in [-0.39, 0.29) is 0 Å². The van der Waals surface area contributed by atoms with Gasteiger partial charge in [0, 0.05) is 37.5 Å². The molecule has 2 heterocycles. The first-order valence-corrected chi connectivity index (χ1v) is 9.06. The average molecular weight is 355 g/mol. The van der Waals surface area contributed by atoms with E-state index in [2.05, 4.69) is 9.88 Å². The number of carbonyl (C=O) groups excluding carboxylic acids is 2. The molecule has 1 fully saturated rings. The molecule has 0 radical (unpaired) electrons. The number of methoxy groups -OCH3 is 1. The van der Waals surface area contributed by atoms with Crippen LogP contribution in [0.1, 0.15) is 43.0 Å². The molecule has 1 aliphatic rings. The van der Waals surface area contributed by atoms with E-state index in [9.17, 15) is 9.59 Å². The highest BCUT2D eigenvalue weighted by Crippen LogP contribution is 2.33. The van der Waals surface area contributed by atoms with Crippen molar-refractivity contribution in [1.29, 1.82) is 0 Å². The normalized spacial score (nSPS) is 17.3. The van der Waals surface area contributed by atoms with Gasteiger partial charge in [-0.25, -0.2) is 4.98 Å². The van der Waals surface area contributed by atoms with Crippen LogP contribution in [0.2, 0.25) is 0 Å². The zero-order valence-electron chi connectivity index (χ0n) is 15.3. The molecule has 0 aliphatic carbocycles. The van der Waals surface area contributed by atoms with E-state index in [1.54, 1.807) is 12.3 Å². The Morgan fingerprint density at radius 3 is 2.88 bits per heavy atom. The van der Waals surface area contributed by atoms with Crippen LogP contribution in [0.3, 0.4) is 0 Å². The van der Waals surface area contributed by atoms with E-state index in [0.29, 0.717) is 35.9 Å². The third kappa shape index (κ3) is 3.64. The number of pyridine rings is 1. The summed E-state index contributed by atoms with van der Waals surface area (Å²) in [4.78, 5) is 30.3. The number of primary amides is 1. The Kier molecular flexibility index (Phi) is 5.40. The summed E-state index contributed by atoms with van der Waals surface area (Å²) in [7, 11) is 1.52. The Morgan fingerprint density at radius 1 is 1.38 bits per heavy atom. The van der Waals surface area contributed by atoms with Crippen molar-refractivity contribution < 1.29 is 14.3 Å². The number of rotatable bonds is 6. The van der Waals surface area contributed by atoms with Gasteiger partial charge in [0.15, 0.2) is 0 Å². The highest BCUT2D eigenvalue weighted by Gasteiger charge is 2.24. The van der Waals surface area contributed by atoms with E-state index in [1.807, 2.05) is 19.1 Å². The van der Waals surface area contributed by atoms with Gasteiger partial charge in [0.1, 0.15) is 17.4 Å². The predicted molar refractivity (Wildman–Crippen MR) is 102 cm³/mol. The monoisotopic (exact) mass is 355 g/mol. The second-order valence-corrected chi connectivity index (χ2v) is 6.82. The van der Waals surface area contributed by atoms with Crippen molar-refractivity contribution in [2.75, 3.05) is 25.1 Å². The molecule has 0 bridgehead atoms. The number of hydrogen-bond acceptors (Lipinski definition) is 5. The number of aromatic nitrogens is 1. The van der Waals surface area contributed by atoms with Crippen molar-refractivity contribution in [1.82, 2.24) is 4.98 Å². The topological polar surface area (TPSA) is 85.5 Å². The van der Waals surface area contributed by atoms with Crippen LogP contribution in [0, 0.1) is 5.92 Å². The summed E-state index contributed by atoms with van der Waals surface area (Å²) in [5.41, 5.74) is 5.83. The molecule has 1 aromatic carbocycles. The summed E-state index contributed by atoms with van der Waals surface area (Å²) in [6.07, 6.45) is 5.08. The maximum absolute atomic E-state index is 11.8. The Balaban J connectivity index is 1.96. The third-order valence-electron chi connectivity index (χ3n) is 5.06. The van der Waals surface area contributed by atoms with Crippen LogP contribution >= 0.6 is 0 Å². The maximum atomic E-state index is 11.8. The van der Waals surface area contributed by atoms with E-state index in [4.69, 9.17) is 10.5 Å². The van der Waals surface area contributed by atoms with E-state index < -0.39 is 5.91 Å². The summed E-state index contributed by atoms with van der Waals surface area (Å²) >= 11 is 0. The number of Topliss-reactive ketones (excluding diaryl/α,β-unsaturated/α-hetero) is 1. The fourth-order valence-corrected chi connectivity index (χ4v) is 3.69. The molecule has 138 valence electrons. The lowest BCUT2D eigenvalue weighted by atomic mass is 9.92. The molecule has 2 N–H and O–H groups in total. The number of fused-ring (bicyclic) bond motifs is 1. The summed E-state index contributed by atoms with van der Waals surface area (Å²) < 4.78 is 5.35. The van der Waals surface area contributed by atoms with Crippen molar-refractivity contribution in [2.24, 2.45) is 11.7 Å². The number of hydrogen-bond donors (Lipinski definition) is 1. The van der Waals surface area contributed by atoms with Gasteiger partial charge >= 0.3 is 0 Å². The molecule has 6 nitrogen and oxygen atoms in total. The minimum absolute atomic E-state index is 0.315. The van der Waals surface area contributed by atoms with E-state index in [1.165, 1.54) is 7.11 Å². The molecule has 0 saturated carbocycles. The Bertz CT molecular complexity index is 834. The van der Waals surface area contributed by atoms with Crippen molar-refractivity contribution in [3.63, 3.8) is 0 Å². The van der Waals surface area contributed by atoms with Crippen LogP contribution in [0.5, 0.6) is 5.75 Å². The molecule has 0 spiro atoms. The number of anilines is 1. The molecule has 1 saturated heterocycles. The minimum atomic E-state index is -0.516. The highest BCUT2D eigenvalue weighted by atomic mass is 16.5. The molecule has 1 aliphatic heterocycles. The second kappa shape index (κ2) is 7.72. The number of nitrogens with zero attached hydrogens (tertiary/aromatic N) is 2. The van der Waals surface area contributed by atoms with E-state index in [0.717, 1.165) is 42.5 Å². The lowest BCUT2D eigenvalue weighted by Crippen LogP contribution is -2.36. The molecule has 1 aromatic heterocycles. The molecular formula is C20H25N3O3. The maximum Gasteiger partial charge on any atom is 0.252 e. The molecule has 2 aromatic rings.